The van der Waals surface area contributed by atoms with Gasteiger partial charge in [-0.2, -0.15) is 0 Å². The molecule has 0 spiro atoms. The number of aryl methyl sites for hydroxylation is 1. The first kappa shape index (κ1) is 28.0. The van der Waals surface area contributed by atoms with E-state index >= 15 is 0 Å². The van der Waals surface area contributed by atoms with Crippen molar-refractivity contribution in [2.75, 3.05) is 31.5 Å². The molecule has 0 unspecified atom stereocenters. The largest absolute Gasteiger partial charge is 0.492 e. The lowest BCUT2D eigenvalue weighted by molar-refractivity contribution is 0.160. The summed E-state index contributed by atoms with van der Waals surface area (Å²) in [6.07, 6.45) is 6.24. The molecule has 10 heteroatoms. The number of nitrogens with zero attached hydrogens (tertiary/aromatic N) is 2. The first-order valence-corrected chi connectivity index (χ1v) is 15.5. The number of sulfonamides is 1. The standard InChI is InChI=1S/C29H33Cl2N3O4S/c1-19-23(30)6-4-8-28(19)39(35,36)33-29-22-5-3-7-25(22)32-16-27(29)38-18-21-9-10-24(31)26(15-21)37-17-20-11-13-34(2)14-12-20/h4,6,8-10,15-16,20H,3,5,7,11-14,17-18H2,1-2H3,(H,32,33). The molecule has 1 aliphatic heterocycles. The van der Waals surface area contributed by atoms with E-state index in [9.17, 15) is 8.42 Å². The van der Waals surface area contributed by atoms with Crippen molar-refractivity contribution in [3.05, 3.63) is 75.0 Å². The SMILES string of the molecule is Cc1c(Cl)cccc1S(=O)(=O)Nc1c(OCc2ccc(Cl)c(OCC3CCN(C)CC3)c2)cnc2c1CCC2. The van der Waals surface area contributed by atoms with Crippen LogP contribution in [0.5, 0.6) is 11.5 Å². The van der Waals surface area contributed by atoms with Crippen molar-refractivity contribution in [2.45, 2.75) is 50.5 Å². The van der Waals surface area contributed by atoms with Gasteiger partial charge in [0.1, 0.15) is 12.4 Å². The predicted molar refractivity (Wildman–Crippen MR) is 155 cm³/mol. The highest BCUT2D eigenvalue weighted by Gasteiger charge is 2.26. The maximum atomic E-state index is 13.4. The van der Waals surface area contributed by atoms with Gasteiger partial charge < -0.3 is 14.4 Å². The molecule has 5 rings (SSSR count). The average molecular weight is 591 g/mol. The molecule has 1 aliphatic carbocycles. The molecule has 3 aromatic rings. The van der Waals surface area contributed by atoms with Crippen LogP contribution in [0.25, 0.3) is 0 Å². The summed E-state index contributed by atoms with van der Waals surface area (Å²) in [7, 11) is -1.77. The minimum Gasteiger partial charge on any atom is -0.492 e. The molecule has 1 saturated heterocycles. The third-order valence-corrected chi connectivity index (χ3v) is 9.74. The highest BCUT2D eigenvalue weighted by molar-refractivity contribution is 7.92. The summed E-state index contributed by atoms with van der Waals surface area (Å²) in [5.74, 6) is 1.51. The Bertz CT molecular complexity index is 1460. The number of aromatic nitrogens is 1. The Hall–Kier alpha value is -2.52. The summed E-state index contributed by atoms with van der Waals surface area (Å²) in [6.45, 7) is 4.67. The number of piperidine rings is 1. The second-order valence-electron chi connectivity index (χ2n) is 10.4. The van der Waals surface area contributed by atoms with Gasteiger partial charge >= 0.3 is 0 Å². The van der Waals surface area contributed by atoms with Crippen molar-refractivity contribution >= 4 is 38.9 Å². The number of ether oxygens (including phenoxy) is 2. The molecule has 1 fully saturated rings. The van der Waals surface area contributed by atoms with Crippen LogP contribution < -0.4 is 14.2 Å². The van der Waals surface area contributed by atoms with Gasteiger partial charge in [0.15, 0.2) is 5.75 Å². The highest BCUT2D eigenvalue weighted by Crippen LogP contribution is 2.38. The number of rotatable bonds is 9. The molecule has 0 amide bonds. The molecule has 2 aromatic carbocycles. The number of anilines is 1. The Labute approximate surface area is 240 Å². The van der Waals surface area contributed by atoms with Crippen LogP contribution in [0.15, 0.2) is 47.5 Å². The first-order chi connectivity index (χ1) is 18.7. The summed E-state index contributed by atoms with van der Waals surface area (Å²) in [4.78, 5) is 7.02. The van der Waals surface area contributed by atoms with Gasteiger partial charge in [0.25, 0.3) is 10.0 Å². The van der Waals surface area contributed by atoms with Crippen LogP contribution >= 0.6 is 23.2 Å². The number of hydrogen-bond donors (Lipinski definition) is 1. The van der Waals surface area contributed by atoms with E-state index in [1.807, 2.05) is 12.1 Å². The molecule has 208 valence electrons. The van der Waals surface area contributed by atoms with Crippen LogP contribution in [0.1, 0.15) is 41.6 Å². The summed E-state index contributed by atoms with van der Waals surface area (Å²) >= 11 is 12.6. The number of halogens is 2. The minimum absolute atomic E-state index is 0.133. The van der Waals surface area contributed by atoms with Gasteiger partial charge in [-0.1, -0.05) is 35.3 Å². The molecule has 1 N–H and O–H groups in total. The molecular weight excluding hydrogens is 557 g/mol. The number of nitrogens with one attached hydrogen (secondary N) is 1. The summed E-state index contributed by atoms with van der Waals surface area (Å²) in [5, 5.41) is 0.946. The van der Waals surface area contributed by atoms with E-state index in [0.29, 0.717) is 45.3 Å². The molecule has 2 aliphatic rings. The topological polar surface area (TPSA) is 80.8 Å². The zero-order chi connectivity index (χ0) is 27.6. The second-order valence-corrected chi connectivity index (χ2v) is 12.8. The zero-order valence-electron chi connectivity index (χ0n) is 22.2. The predicted octanol–water partition coefficient (Wildman–Crippen LogP) is 6.29. The summed E-state index contributed by atoms with van der Waals surface area (Å²) < 4.78 is 41.9. The van der Waals surface area contributed by atoms with Crippen LogP contribution in [0.3, 0.4) is 0 Å². The van der Waals surface area contributed by atoms with Crippen LogP contribution in [0.2, 0.25) is 10.0 Å². The van der Waals surface area contributed by atoms with Gasteiger partial charge in [0, 0.05) is 16.3 Å². The van der Waals surface area contributed by atoms with E-state index in [1.54, 1.807) is 37.4 Å². The normalized spacial score (nSPS) is 16.2. The fraction of sp³-hybridized carbons (Fsp3) is 0.414. The molecular formula is C29H33Cl2N3O4S. The fourth-order valence-corrected chi connectivity index (χ4v) is 6.90. The highest BCUT2D eigenvalue weighted by atomic mass is 35.5. The lowest BCUT2D eigenvalue weighted by Crippen LogP contribution is -2.32. The average Bonchev–Trinajstić information content (AvgIpc) is 3.40. The Morgan fingerprint density at radius 3 is 2.64 bits per heavy atom. The first-order valence-electron chi connectivity index (χ1n) is 13.2. The zero-order valence-corrected chi connectivity index (χ0v) is 24.5. The third kappa shape index (κ3) is 6.46. The third-order valence-electron chi connectivity index (χ3n) is 7.52. The lowest BCUT2D eigenvalue weighted by atomic mass is 9.98. The molecule has 7 nitrogen and oxygen atoms in total. The lowest BCUT2D eigenvalue weighted by Gasteiger charge is -2.28. The number of likely N-dealkylation sites (tertiary alicyclic amines) is 1. The van der Waals surface area contributed by atoms with Crippen LogP contribution in [-0.4, -0.2) is 45.0 Å². The molecule has 2 heterocycles. The van der Waals surface area contributed by atoms with Crippen LogP contribution in [0, 0.1) is 12.8 Å². The molecule has 0 radical (unpaired) electrons. The van der Waals surface area contributed by atoms with E-state index < -0.39 is 10.0 Å². The van der Waals surface area contributed by atoms with Gasteiger partial charge in [-0.3, -0.25) is 9.71 Å². The maximum absolute atomic E-state index is 13.4. The quantitative estimate of drug-likeness (QED) is 0.316. The van der Waals surface area contributed by atoms with E-state index in [2.05, 4.69) is 21.7 Å². The van der Waals surface area contributed by atoms with Crippen LogP contribution in [0.4, 0.5) is 5.69 Å². The summed E-state index contributed by atoms with van der Waals surface area (Å²) in [5.41, 5.74) is 3.55. The fourth-order valence-electron chi connectivity index (χ4n) is 5.12. The van der Waals surface area contributed by atoms with Crippen molar-refractivity contribution in [2.24, 2.45) is 5.92 Å². The molecule has 0 saturated carbocycles. The number of fused-ring (bicyclic) bond motifs is 1. The molecule has 1 aromatic heterocycles. The molecule has 0 bridgehead atoms. The Morgan fingerprint density at radius 1 is 1.05 bits per heavy atom. The van der Waals surface area contributed by atoms with E-state index in [1.165, 1.54) is 0 Å². The second kappa shape index (κ2) is 11.9. The van der Waals surface area contributed by atoms with Crippen molar-refractivity contribution in [1.82, 2.24) is 9.88 Å². The van der Waals surface area contributed by atoms with Crippen molar-refractivity contribution in [3.63, 3.8) is 0 Å². The van der Waals surface area contributed by atoms with Crippen LogP contribution in [-0.2, 0) is 29.5 Å². The minimum atomic E-state index is -3.91. The molecule has 39 heavy (non-hydrogen) atoms. The van der Waals surface area contributed by atoms with Gasteiger partial charge in [-0.25, -0.2) is 8.42 Å². The number of hydrogen-bond acceptors (Lipinski definition) is 6. The van der Waals surface area contributed by atoms with Crippen molar-refractivity contribution in [1.29, 1.82) is 0 Å². The van der Waals surface area contributed by atoms with Crippen molar-refractivity contribution < 1.29 is 17.9 Å². The smallest absolute Gasteiger partial charge is 0.262 e. The van der Waals surface area contributed by atoms with E-state index in [4.69, 9.17) is 32.7 Å². The van der Waals surface area contributed by atoms with Gasteiger partial charge in [-0.05, 0) is 100 Å². The summed E-state index contributed by atoms with van der Waals surface area (Å²) in [6, 6.07) is 10.4. The number of benzene rings is 2. The molecule has 0 atom stereocenters. The van der Waals surface area contributed by atoms with Gasteiger partial charge in [0.05, 0.1) is 28.4 Å². The Kier molecular flexibility index (Phi) is 8.57. The van der Waals surface area contributed by atoms with E-state index in [0.717, 1.165) is 62.0 Å². The van der Waals surface area contributed by atoms with Gasteiger partial charge in [0.2, 0.25) is 0 Å². The van der Waals surface area contributed by atoms with E-state index in [-0.39, 0.29) is 11.5 Å². The Morgan fingerprint density at radius 2 is 1.85 bits per heavy atom. The monoisotopic (exact) mass is 589 g/mol. The Balaban J connectivity index is 1.34. The number of pyridine rings is 1. The van der Waals surface area contributed by atoms with Gasteiger partial charge in [-0.15, -0.1) is 0 Å². The van der Waals surface area contributed by atoms with Crippen molar-refractivity contribution in [3.8, 4) is 11.5 Å². The maximum Gasteiger partial charge on any atom is 0.262 e.